The van der Waals surface area contributed by atoms with Gasteiger partial charge in [-0.3, -0.25) is 9.59 Å². The normalized spacial score (nSPS) is 11.9. The molecule has 1 atom stereocenters. The molecule has 156 valence electrons. The number of nitrogens with one attached hydrogen (secondary N) is 1. The van der Waals surface area contributed by atoms with E-state index < -0.39 is 6.04 Å². The Bertz CT molecular complexity index is 769. The average Bonchev–Trinajstić information content (AvgIpc) is 2.74. The summed E-state index contributed by atoms with van der Waals surface area (Å²) in [7, 11) is 0. The van der Waals surface area contributed by atoms with Crippen LogP contribution in [0, 0.1) is 0 Å². The molecule has 4 heteroatoms. The Morgan fingerprint density at radius 1 is 0.931 bits per heavy atom. The minimum Gasteiger partial charge on any atom is -0.354 e. The maximum absolute atomic E-state index is 13.1. The summed E-state index contributed by atoms with van der Waals surface area (Å²) in [6, 6.07) is 17.8. The van der Waals surface area contributed by atoms with Gasteiger partial charge >= 0.3 is 0 Å². The average molecular weight is 395 g/mol. The summed E-state index contributed by atoms with van der Waals surface area (Å²) in [6.45, 7) is 9.23. The standard InChI is InChI=1S/C25H34N2O2/c1-5-17-26-25(29)20(4)27(18-22-9-7-6-8-10-22)24(28)16-13-21-11-14-23(15-12-21)19(2)3/h6-12,14-15,19-20H,5,13,16-18H2,1-4H3,(H,26,29)/t20-/m0/s1. The van der Waals surface area contributed by atoms with Crippen LogP contribution < -0.4 is 5.32 Å². The van der Waals surface area contributed by atoms with Gasteiger partial charge < -0.3 is 10.2 Å². The van der Waals surface area contributed by atoms with Gasteiger partial charge in [0.15, 0.2) is 0 Å². The third-order valence-electron chi connectivity index (χ3n) is 5.19. The number of nitrogens with zero attached hydrogens (tertiary/aromatic N) is 1. The molecule has 0 unspecified atom stereocenters. The van der Waals surface area contributed by atoms with Gasteiger partial charge in [-0.1, -0.05) is 75.4 Å². The molecule has 0 aliphatic carbocycles. The highest BCUT2D eigenvalue weighted by molar-refractivity contribution is 5.87. The van der Waals surface area contributed by atoms with Gasteiger partial charge in [0.25, 0.3) is 0 Å². The first-order chi connectivity index (χ1) is 13.9. The van der Waals surface area contributed by atoms with Gasteiger partial charge in [0, 0.05) is 19.5 Å². The van der Waals surface area contributed by atoms with Crippen LogP contribution in [0.4, 0.5) is 0 Å². The Balaban J connectivity index is 2.07. The van der Waals surface area contributed by atoms with E-state index in [0.717, 1.165) is 17.5 Å². The molecule has 0 radical (unpaired) electrons. The molecule has 0 saturated carbocycles. The Morgan fingerprint density at radius 3 is 2.17 bits per heavy atom. The predicted octanol–water partition coefficient (Wildman–Crippen LogP) is 4.69. The third-order valence-corrected chi connectivity index (χ3v) is 5.19. The number of hydrogen-bond acceptors (Lipinski definition) is 2. The number of rotatable bonds is 10. The molecule has 0 bridgehead atoms. The second kappa shape index (κ2) is 11.4. The van der Waals surface area contributed by atoms with E-state index >= 15 is 0 Å². The lowest BCUT2D eigenvalue weighted by Gasteiger charge is -2.29. The lowest BCUT2D eigenvalue weighted by atomic mass is 10.00. The van der Waals surface area contributed by atoms with E-state index in [4.69, 9.17) is 0 Å². The number of amides is 2. The van der Waals surface area contributed by atoms with E-state index in [9.17, 15) is 9.59 Å². The fraction of sp³-hybridized carbons (Fsp3) is 0.440. The maximum atomic E-state index is 13.1. The first-order valence-electron chi connectivity index (χ1n) is 10.6. The molecule has 0 aliphatic rings. The Kier molecular flexibility index (Phi) is 8.91. The second-order valence-electron chi connectivity index (χ2n) is 7.87. The molecule has 2 amide bonds. The van der Waals surface area contributed by atoms with Gasteiger partial charge in [-0.05, 0) is 42.4 Å². The fourth-order valence-corrected chi connectivity index (χ4v) is 3.22. The number of hydrogen-bond donors (Lipinski definition) is 1. The molecule has 0 heterocycles. The molecular formula is C25H34N2O2. The SMILES string of the molecule is CCCNC(=O)[C@H](C)N(Cc1ccccc1)C(=O)CCc1ccc(C(C)C)cc1. The summed E-state index contributed by atoms with van der Waals surface area (Å²) in [4.78, 5) is 27.3. The number of aryl methyl sites for hydroxylation is 1. The Labute approximate surface area is 175 Å². The van der Waals surface area contributed by atoms with E-state index in [-0.39, 0.29) is 11.8 Å². The molecule has 2 aromatic rings. The maximum Gasteiger partial charge on any atom is 0.242 e. The molecule has 0 saturated heterocycles. The zero-order valence-corrected chi connectivity index (χ0v) is 18.2. The van der Waals surface area contributed by atoms with Gasteiger partial charge in [-0.15, -0.1) is 0 Å². The summed E-state index contributed by atoms with van der Waals surface area (Å²) in [6.07, 6.45) is 1.93. The third kappa shape index (κ3) is 7.04. The molecular weight excluding hydrogens is 360 g/mol. The van der Waals surface area contributed by atoms with E-state index in [0.29, 0.717) is 31.8 Å². The highest BCUT2D eigenvalue weighted by Crippen LogP contribution is 2.17. The topological polar surface area (TPSA) is 49.4 Å². The lowest BCUT2D eigenvalue weighted by Crippen LogP contribution is -2.47. The van der Waals surface area contributed by atoms with Crippen molar-refractivity contribution in [1.82, 2.24) is 10.2 Å². The van der Waals surface area contributed by atoms with Crippen molar-refractivity contribution in [3.8, 4) is 0 Å². The molecule has 0 aromatic heterocycles. The van der Waals surface area contributed by atoms with Gasteiger partial charge in [0.05, 0.1) is 0 Å². The molecule has 0 fully saturated rings. The minimum atomic E-state index is -0.502. The smallest absolute Gasteiger partial charge is 0.242 e. The van der Waals surface area contributed by atoms with Crippen LogP contribution in [-0.4, -0.2) is 29.3 Å². The van der Waals surface area contributed by atoms with Crippen molar-refractivity contribution >= 4 is 11.8 Å². The van der Waals surface area contributed by atoms with Crippen molar-refractivity contribution in [3.63, 3.8) is 0 Å². The van der Waals surface area contributed by atoms with E-state index in [1.54, 1.807) is 4.90 Å². The van der Waals surface area contributed by atoms with Gasteiger partial charge in [-0.25, -0.2) is 0 Å². The van der Waals surface area contributed by atoms with Crippen molar-refractivity contribution in [2.75, 3.05) is 6.54 Å². The number of carbonyl (C=O) groups is 2. The minimum absolute atomic E-state index is 0.000868. The largest absolute Gasteiger partial charge is 0.354 e. The summed E-state index contributed by atoms with van der Waals surface area (Å²) >= 11 is 0. The molecule has 2 rings (SSSR count). The number of carbonyl (C=O) groups excluding carboxylic acids is 2. The van der Waals surface area contributed by atoms with Crippen LogP contribution in [0.25, 0.3) is 0 Å². The van der Waals surface area contributed by atoms with Crippen LogP contribution in [0.2, 0.25) is 0 Å². The molecule has 1 N–H and O–H groups in total. The van der Waals surface area contributed by atoms with Crippen LogP contribution >= 0.6 is 0 Å². The van der Waals surface area contributed by atoms with Crippen molar-refractivity contribution < 1.29 is 9.59 Å². The van der Waals surface area contributed by atoms with Crippen LogP contribution in [0.5, 0.6) is 0 Å². The van der Waals surface area contributed by atoms with Crippen LogP contribution in [0.15, 0.2) is 54.6 Å². The first-order valence-corrected chi connectivity index (χ1v) is 10.6. The van der Waals surface area contributed by atoms with E-state index in [1.165, 1.54) is 5.56 Å². The van der Waals surface area contributed by atoms with Gasteiger partial charge in [0.1, 0.15) is 6.04 Å². The predicted molar refractivity (Wildman–Crippen MR) is 119 cm³/mol. The first kappa shape index (κ1) is 22.7. The summed E-state index contributed by atoms with van der Waals surface area (Å²) < 4.78 is 0. The number of benzene rings is 2. The van der Waals surface area contributed by atoms with Crippen molar-refractivity contribution in [3.05, 3.63) is 71.3 Å². The van der Waals surface area contributed by atoms with E-state index in [2.05, 4.69) is 43.4 Å². The molecule has 2 aromatic carbocycles. The molecule has 4 nitrogen and oxygen atoms in total. The Hall–Kier alpha value is -2.62. The highest BCUT2D eigenvalue weighted by atomic mass is 16.2. The van der Waals surface area contributed by atoms with Crippen molar-refractivity contribution in [2.45, 2.75) is 65.5 Å². The van der Waals surface area contributed by atoms with E-state index in [1.807, 2.05) is 44.2 Å². The Morgan fingerprint density at radius 2 is 1.59 bits per heavy atom. The molecule has 29 heavy (non-hydrogen) atoms. The highest BCUT2D eigenvalue weighted by Gasteiger charge is 2.25. The van der Waals surface area contributed by atoms with Crippen molar-refractivity contribution in [2.24, 2.45) is 0 Å². The quantitative estimate of drug-likeness (QED) is 0.636. The lowest BCUT2D eigenvalue weighted by molar-refractivity contribution is -0.140. The van der Waals surface area contributed by atoms with Crippen molar-refractivity contribution in [1.29, 1.82) is 0 Å². The summed E-state index contributed by atoms with van der Waals surface area (Å²) in [5.74, 6) is 0.396. The zero-order chi connectivity index (χ0) is 21.2. The summed E-state index contributed by atoms with van der Waals surface area (Å²) in [5.41, 5.74) is 3.47. The van der Waals surface area contributed by atoms with Crippen LogP contribution in [-0.2, 0) is 22.6 Å². The zero-order valence-electron chi connectivity index (χ0n) is 18.2. The fourth-order valence-electron chi connectivity index (χ4n) is 3.22. The van der Waals surface area contributed by atoms with Crippen LogP contribution in [0.1, 0.15) is 63.1 Å². The van der Waals surface area contributed by atoms with Gasteiger partial charge in [0.2, 0.25) is 11.8 Å². The molecule has 0 spiro atoms. The molecule has 0 aliphatic heterocycles. The second-order valence-corrected chi connectivity index (χ2v) is 7.87. The van der Waals surface area contributed by atoms with Gasteiger partial charge in [-0.2, -0.15) is 0 Å². The monoisotopic (exact) mass is 394 g/mol. The summed E-state index contributed by atoms with van der Waals surface area (Å²) in [5, 5.41) is 2.91. The van der Waals surface area contributed by atoms with Crippen LogP contribution in [0.3, 0.4) is 0 Å².